The summed E-state index contributed by atoms with van der Waals surface area (Å²) in [5.41, 5.74) is 1.84. The second-order valence-corrected chi connectivity index (χ2v) is 4.65. The monoisotopic (exact) mass is 281 g/mol. The van der Waals surface area contributed by atoms with Gasteiger partial charge in [0.25, 0.3) is 5.56 Å². The molecule has 1 heterocycles. The van der Waals surface area contributed by atoms with Gasteiger partial charge in [-0.15, -0.1) is 0 Å². The molecule has 4 heteroatoms. The summed E-state index contributed by atoms with van der Waals surface area (Å²) < 4.78 is 10.6. The predicted molar refractivity (Wildman–Crippen MR) is 83.1 cm³/mol. The highest BCUT2D eigenvalue weighted by Crippen LogP contribution is 2.35. The van der Waals surface area contributed by atoms with E-state index in [1.165, 1.54) is 0 Å². The molecule has 0 aliphatic rings. The molecule has 21 heavy (non-hydrogen) atoms. The van der Waals surface area contributed by atoms with Gasteiger partial charge in [-0.1, -0.05) is 30.3 Å². The predicted octanol–water partition coefficient (Wildman–Crippen LogP) is 3.21. The number of nitrogens with one attached hydrogen (secondary N) is 1. The number of hydrogen-bond acceptors (Lipinski definition) is 3. The zero-order valence-corrected chi connectivity index (χ0v) is 11.8. The number of methoxy groups -OCH3 is 2. The second kappa shape index (κ2) is 5.32. The summed E-state index contributed by atoms with van der Waals surface area (Å²) in [6, 6.07) is 13.4. The van der Waals surface area contributed by atoms with E-state index in [1.54, 1.807) is 26.5 Å². The first-order valence-corrected chi connectivity index (χ1v) is 6.57. The highest BCUT2D eigenvalue weighted by Gasteiger charge is 2.12. The van der Waals surface area contributed by atoms with Gasteiger partial charge in [-0.2, -0.15) is 0 Å². The minimum absolute atomic E-state index is 0.148. The fraction of sp³-hybridized carbons (Fsp3) is 0.118. The molecule has 4 nitrogen and oxygen atoms in total. The van der Waals surface area contributed by atoms with Crippen molar-refractivity contribution >= 4 is 10.8 Å². The lowest BCUT2D eigenvalue weighted by atomic mass is 10.0. The van der Waals surface area contributed by atoms with Crippen LogP contribution in [-0.4, -0.2) is 19.2 Å². The quantitative estimate of drug-likeness (QED) is 0.802. The van der Waals surface area contributed by atoms with Crippen molar-refractivity contribution in [3.8, 4) is 22.6 Å². The Bertz CT molecular complexity index is 838. The summed E-state index contributed by atoms with van der Waals surface area (Å²) in [7, 11) is 3.14. The summed E-state index contributed by atoms with van der Waals surface area (Å²) in [5, 5.41) is 1.41. The Morgan fingerprint density at radius 1 is 0.905 bits per heavy atom. The van der Waals surface area contributed by atoms with E-state index in [2.05, 4.69) is 4.98 Å². The van der Waals surface area contributed by atoms with Crippen LogP contribution in [0.15, 0.2) is 53.5 Å². The van der Waals surface area contributed by atoms with Gasteiger partial charge in [-0.25, -0.2) is 0 Å². The van der Waals surface area contributed by atoms with Crippen molar-refractivity contribution in [3.63, 3.8) is 0 Å². The van der Waals surface area contributed by atoms with E-state index in [4.69, 9.17) is 9.47 Å². The molecule has 0 spiro atoms. The van der Waals surface area contributed by atoms with Crippen LogP contribution in [0, 0.1) is 0 Å². The van der Waals surface area contributed by atoms with Crippen LogP contribution in [0.25, 0.3) is 21.9 Å². The molecule has 0 radical (unpaired) electrons. The van der Waals surface area contributed by atoms with E-state index in [0.29, 0.717) is 16.9 Å². The largest absolute Gasteiger partial charge is 0.493 e. The minimum Gasteiger partial charge on any atom is -0.493 e. The van der Waals surface area contributed by atoms with Gasteiger partial charge in [0.2, 0.25) is 0 Å². The molecular formula is C17H15NO3. The maximum Gasteiger partial charge on any atom is 0.255 e. The molecular weight excluding hydrogens is 266 g/mol. The van der Waals surface area contributed by atoms with Crippen LogP contribution in [0.4, 0.5) is 0 Å². The van der Waals surface area contributed by atoms with Gasteiger partial charge in [-0.3, -0.25) is 4.79 Å². The van der Waals surface area contributed by atoms with Crippen molar-refractivity contribution in [2.24, 2.45) is 0 Å². The number of hydrogen-bond donors (Lipinski definition) is 1. The molecule has 106 valence electrons. The fourth-order valence-electron chi connectivity index (χ4n) is 2.44. The molecule has 0 aliphatic heterocycles. The Kier molecular flexibility index (Phi) is 3.36. The number of aromatic amines is 1. The Labute approximate surface area is 122 Å². The van der Waals surface area contributed by atoms with E-state index in [-0.39, 0.29) is 5.56 Å². The van der Waals surface area contributed by atoms with Gasteiger partial charge >= 0.3 is 0 Å². The maximum atomic E-state index is 12.1. The smallest absolute Gasteiger partial charge is 0.255 e. The first-order chi connectivity index (χ1) is 10.2. The molecule has 3 aromatic rings. The van der Waals surface area contributed by atoms with Crippen LogP contribution >= 0.6 is 0 Å². The van der Waals surface area contributed by atoms with Gasteiger partial charge in [-0.05, 0) is 17.7 Å². The molecule has 0 saturated carbocycles. The van der Waals surface area contributed by atoms with E-state index in [0.717, 1.165) is 16.5 Å². The molecule has 0 fully saturated rings. The van der Waals surface area contributed by atoms with Crippen LogP contribution in [0.3, 0.4) is 0 Å². The van der Waals surface area contributed by atoms with Crippen LogP contribution < -0.4 is 15.0 Å². The van der Waals surface area contributed by atoms with Gasteiger partial charge in [0.05, 0.1) is 19.6 Å². The first-order valence-electron chi connectivity index (χ1n) is 6.57. The average Bonchev–Trinajstić information content (AvgIpc) is 2.55. The number of pyridine rings is 1. The summed E-state index contributed by atoms with van der Waals surface area (Å²) in [6.45, 7) is 0. The number of aromatic nitrogens is 1. The fourth-order valence-corrected chi connectivity index (χ4v) is 2.44. The Hall–Kier alpha value is -2.75. The van der Waals surface area contributed by atoms with Gasteiger partial charge in [0.1, 0.15) is 0 Å². The summed E-state index contributed by atoms with van der Waals surface area (Å²) in [5.74, 6) is 1.15. The number of H-pyrrole nitrogens is 1. The first kappa shape index (κ1) is 13.2. The van der Waals surface area contributed by atoms with Crippen LogP contribution in [-0.2, 0) is 0 Å². The minimum atomic E-state index is -0.148. The van der Waals surface area contributed by atoms with Crippen LogP contribution in [0.2, 0.25) is 0 Å². The summed E-state index contributed by atoms with van der Waals surface area (Å²) >= 11 is 0. The highest BCUT2D eigenvalue weighted by atomic mass is 16.5. The van der Waals surface area contributed by atoms with Crippen molar-refractivity contribution in [1.29, 1.82) is 0 Å². The number of benzene rings is 2. The Morgan fingerprint density at radius 2 is 1.52 bits per heavy atom. The second-order valence-electron chi connectivity index (χ2n) is 4.65. The molecule has 0 amide bonds. The van der Waals surface area contributed by atoms with Crippen molar-refractivity contribution in [1.82, 2.24) is 4.98 Å². The van der Waals surface area contributed by atoms with Crippen LogP contribution in [0.5, 0.6) is 11.5 Å². The normalized spacial score (nSPS) is 10.6. The number of fused-ring (bicyclic) bond motifs is 1. The van der Waals surface area contributed by atoms with Gasteiger partial charge in [0, 0.05) is 17.1 Å². The third kappa shape index (κ3) is 2.25. The van der Waals surface area contributed by atoms with Gasteiger partial charge in [0.15, 0.2) is 11.5 Å². The standard InChI is InChI=1S/C17H15NO3/c1-20-15-8-12-13(9-16(15)21-2)17(19)18-10-14(12)11-6-4-3-5-7-11/h3-10H,1-2H3,(H,18,19). The zero-order chi connectivity index (χ0) is 14.8. The molecule has 1 aromatic heterocycles. The zero-order valence-electron chi connectivity index (χ0n) is 11.8. The Balaban J connectivity index is 2.37. The van der Waals surface area contributed by atoms with Crippen molar-refractivity contribution in [2.75, 3.05) is 14.2 Å². The van der Waals surface area contributed by atoms with Crippen molar-refractivity contribution < 1.29 is 9.47 Å². The van der Waals surface area contributed by atoms with Crippen molar-refractivity contribution in [2.45, 2.75) is 0 Å². The topological polar surface area (TPSA) is 51.3 Å². The van der Waals surface area contributed by atoms with Crippen LogP contribution in [0.1, 0.15) is 0 Å². The summed E-state index contributed by atoms with van der Waals surface area (Å²) in [6.07, 6.45) is 1.73. The lowest BCUT2D eigenvalue weighted by molar-refractivity contribution is 0.356. The third-order valence-corrected chi connectivity index (χ3v) is 3.49. The maximum absolute atomic E-state index is 12.1. The van der Waals surface area contributed by atoms with E-state index in [1.807, 2.05) is 36.4 Å². The van der Waals surface area contributed by atoms with Crippen molar-refractivity contribution in [3.05, 3.63) is 59.0 Å². The molecule has 1 N–H and O–H groups in total. The molecule has 0 unspecified atom stereocenters. The third-order valence-electron chi connectivity index (χ3n) is 3.49. The Morgan fingerprint density at radius 3 is 2.14 bits per heavy atom. The number of ether oxygens (including phenoxy) is 2. The molecule has 3 rings (SSSR count). The molecule has 0 saturated heterocycles. The van der Waals surface area contributed by atoms with E-state index >= 15 is 0 Å². The highest BCUT2D eigenvalue weighted by molar-refractivity contribution is 5.97. The lowest BCUT2D eigenvalue weighted by Crippen LogP contribution is -2.06. The molecule has 0 bridgehead atoms. The summed E-state index contributed by atoms with van der Waals surface area (Å²) in [4.78, 5) is 14.9. The van der Waals surface area contributed by atoms with E-state index in [9.17, 15) is 4.79 Å². The molecule has 0 atom stereocenters. The van der Waals surface area contributed by atoms with Gasteiger partial charge < -0.3 is 14.5 Å². The lowest BCUT2D eigenvalue weighted by Gasteiger charge is -2.11. The SMILES string of the molecule is COc1cc2c(-c3ccccc3)c[nH]c(=O)c2cc1OC. The van der Waals surface area contributed by atoms with E-state index < -0.39 is 0 Å². The molecule has 2 aromatic carbocycles. The number of rotatable bonds is 3. The molecule has 0 aliphatic carbocycles. The average molecular weight is 281 g/mol.